The molecule has 2 N–H and O–H groups in total. The molecule has 0 aliphatic carbocycles. The summed E-state index contributed by atoms with van der Waals surface area (Å²) in [6, 6.07) is 9.75. The number of benzene rings is 1. The number of carboxylic acid groups (broad SMARTS) is 1. The summed E-state index contributed by atoms with van der Waals surface area (Å²) >= 11 is 0.505. The van der Waals surface area contributed by atoms with Gasteiger partial charge >= 0.3 is 5.97 Å². The Bertz CT molecular complexity index is 616. The number of aromatic carboxylic acids is 1. The topological polar surface area (TPSA) is 62.5 Å². The Morgan fingerprint density at radius 1 is 1.29 bits per heavy atom. The van der Waals surface area contributed by atoms with Gasteiger partial charge < -0.3 is 14.8 Å². The van der Waals surface area contributed by atoms with Crippen LogP contribution in [0.3, 0.4) is 0 Å². The molecule has 112 valence electrons. The van der Waals surface area contributed by atoms with Gasteiger partial charge in [-0.1, -0.05) is 17.8 Å². The van der Waals surface area contributed by atoms with Crippen LogP contribution in [0.15, 0.2) is 40.8 Å². The molecule has 0 aliphatic rings. The van der Waals surface area contributed by atoms with Crippen LogP contribution in [0.25, 0.3) is 0 Å². The van der Waals surface area contributed by atoms with Gasteiger partial charge in [0, 0.05) is 5.69 Å². The van der Waals surface area contributed by atoms with Gasteiger partial charge in [0.1, 0.15) is 11.5 Å². The second-order valence-corrected chi connectivity index (χ2v) is 5.16. The van der Waals surface area contributed by atoms with E-state index in [-0.39, 0.29) is 11.3 Å². The standard InChI is InChI=1S/C14H13F2NO3S/c15-14(16)21-8-12-5-4-11(20-12)7-17-10-3-1-2-9(6-10)13(18)19/h1-6,14,17H,7-8H2,(H,18,19). The molecule has 0 fully saturated rings. The minimum absolute atomic E-state index is 0.117. The monoisotopic (exact) mass is 313 g/mol. The molecule has 0 radical (unpaired) electrons. The van der Waals surface area contributed by atoms with Crippen molar-refractivity contribution in [1.82, 2.24) is 0 Å². The highest BCUT2D eigenvalue weighted by Gasteiger charge is 2.08. The van der Waals surface area contributed by atoms with Gasteiger partial charge in [-0.2, -0.15) is 8.78 Å². The lowest BCUT2D eigenvalue weighted by molar-refractivity contribution is 0.0697. The lowest BCUT2D eigenvalue weighted by Crippen LogP contribution is -2.01. The van der Waals surface area contributed by atoms with Crippen molar-refractivity contribution in [3.63, 3.8) is 0 Å². The maximum atomic E-state index is 12.1. The molecular formula is C14H13F2NO3S. The van der Waals surface area contributed by atoms with E-state index in [0.29, 0.717) is 35.5 Å². The molecule has 0 unspecified atom stereocenters. The Balaban J connectivity index is 1.91. The first-order valence-corrected chi connectivity index (χ1v) is 7.14. The average Bonchev–Trinajstić information content (AvgIpc) is 2.91. The van der Waals surface area contributed by atoms with Crippen molar-refractivity contribution in [2.45, 2.75) is 18.1 Å². The molecule has 0 bridgehead atoms. The quantitative estimate of drug-likeness (QED) is 0.807. The Morgan fingerprint density at radius 3 is 2.76 bits per heavy atom. The van der Waals surface area contributed by atoms with Gasteiger partial charge in [0.2, 0.25) is 0 Å². The zero-order valence-electron chi connectivity index (χ0n) is 10.9. The normalized spacial score (nSPS) is 10.8. The van der Waals surface area contributed by atoms with Gasteiger partial charge in [-0.15, -0.1) is 0 Å². The van der Waals surface area contributed by atoms with Crippen molar-refractivity contribution in [3.05, 3.63) is 53.5 Å². The van der Waals surface area contributed by atoms with Crippen LogP contribution < -0.4 is 5.32 Å². The second kappa shape index (κ2) is 7.12. The van der Waals surface area contributed by atoms with Crippen LogP contribution in [-0.2, 0) is 12.3 Å². The fourth-order valence-electron chi connectivity index (χ4n) is 1.69. The van der Waals surface area contributed by atoms with Gasteiger partial charge in [-0.05, 0) is 30.3 Å². The van der Waals surface area contributed by atoms with E-state index < -0.39 is 11.7 Å². The van der Waals surface area contributed by atoms with Crippen LogP contribution in [0.1, 0.15) is 21.9 Å². The van der Waals surface area contributed by atoms with Gasteiger partial charge in [0.05, 0.1) is 17.9 Å². The Hall–Kier alpha value is -2.02. The lowest BCUT2D eigenvalue weighted by atomic mass is 10.2. The number of thioether (sulfide) groups is 1. The minimum atomic E-state index is -2.42. The van der Waals surface area contributed by atoms with E-state index in [0.717, 1.165) is 0 Å². The summed E-state index contributed by atoms with van der Waals surface area (Å²) in [5, 5.41) is 11.9. The summed E-state index contributed by atoms with van der Waals surface area (Å²) in [5.74, 6) is -2.22. The maximum absolute atomic E-state index is 12.1. The molecule has 4 nitrogen and oxygen atoms in total. The fourth-order valence-corrected chi connectivity index (χ4v) is 2.14. The number of furan rings is 1. The van der Waals surface area contributed by atoms with Crippen molar-refractivity contribution in [2.24, 2.45) is 0 Å². The number of carbonyl (C=O) groups is 1. The molecule has 0 aliphatic heterocycles. The summed E-state index contributed by atoms with van der Waals surface area (Å²) in [7, 11) is 0. The van der Waals surface area contributed by atoms with Crippen LogP contribution in [0.4, 0.5) is 14.5 Å². The minimum Gasteiger partial charge on any atom is -0.478 e. The summed E-state index contributed by atoms with van der Waals surface area (Å²) < 4.78 is 29.5. The number of nitrogens with one attached hydrogen (secondary N) is 1. The highest BCUT2D eigenvalue weighted by molar-refractivity contribution is 7.98. The SMILES string of the molecule is O=C(O)c1cccc(NCc2ccc(CSC(F)F)o2)c1. The van der Waals surface area contributed by atoms with E-state index in [1.807, 2.05) is 0 Å². The predicted octanol–water partition coefficient (Wildman–Crippen LogP) is 4.05. The Labute approximate surface area is 124 Å². The highest BCUT2D eigenvalue weighted by Crippen LogP contribution is 2.21. The lowest BCUT2D eigenvalue weighted by Gasteiger charge is -2.05. The van der Waals surface area contributed by atoms with E-state index in [2.05, 4.69) is 5.32 Å². The van der Waals surface area contributed by atoms with Gasteiger partial charge in [0.25, 0.3) is 5.76 Å². The molecule has 0 amide bonds. The Morgan fingerprint density at radius 2 is 2.05 bits per heavy atom. The van der Waals surface area contributed by atoms with Crippen LogP contribution in [0.2, 0.25) is 0 Å². The molecule has 0 saturated heterocycles. The summed E-state index contributed by atoms with van der Waals surface area (Å²) in [4.78, 5) is 10.8. The van der Waals surface area contributed by atoms with Gasteiger partial charge in [-0.25, -0.2) is 4.79 Å². The molecule has 2 rings (SSSR count). The van der Waals surface area contributed by atoms with Crippen LogP contribution >= 0.6 is 11.8 Å². The molecular weight excluding hydrogens is 300 g/mol. The predicted molar refractivity (Wildman–Crippen MR) is 76.7 cm³/mol. The van der Waals surface area contributed by atoms with E-state index in [1.54, 1.807) is 24.3 Å². The number of halogens is 2. The van der Waals surface area contributed by atoms with Crippen molar-refractivity contribution >= 4 is 23.4 Å². The smallest absolute Gasteiger partial charge is 0.335 e. The third kappa shape index (κ3) is 4.78. The number of anilines is 1. The molecule has 7 heteroatoms. The summed E-state index contributed by atoms with van der Waals surface area (Å²) in [6.07, 6.45) is 0. The van der Waals surface area contributed by atoms with Crippen LogP contribution in [0, 0.1) is 0 Å². The molecule has 0 atom stereocenters. The molecule has 0 saturated carbocycles. The third-order valence-corrected chi connectivity index (χ3v) is 3.35. The number of carboxylic acids is 1. The van der Waals surface area contributed by atoms with E-state index in [1.165, 1.54) is 12.1 Å². The van der Waals surface area contributed by atoms with Gasteiger partial charge in [0.15, 0.2) is 0 Å². The molecule has 1 aromatic carbocycles. The average molecular weight is 313 g/mol. The summed E-state index contributed by atoms with van der Waals surface area (Å²) in [6.45, 7) is 0.350. The zero-order chi connectivity index (χ0) is 15.2. The highest BCUT2D eigenvalue weighted by atomic mass is 32.2. The molecule has 1 heterocycles. The van der Waals surface area contributed by atoms with E-state index in [9.17, 15) is 13.6 Å². The van der Waals surface area contributed by atoms with E-state index >= 15 is 0 Å². The number of rotatable bonds is 7. The van der Waals surface area contributed by atoms with Crippen molar-refractivity contribution in [1.29, 1.82) is 0 Å². The molecule has 2 aromatic rings. The van der Waals surface area contributed by atoms with Crippen molar-refractivity contribution in [2.75, 3.05) is 5.32 Å². The molecule has 21 heavy (non-hydrogen) atoms. The number of hydrogen-bond acceptors (Lipinski definition) is 4. The largest absolute Gasteiger partial charge is 0.478 e. The first kappa shape index (κ1) is 15.4. The summed E-state index contributed by atoms with van der Waals surface area (Å²) in [5.41, 5.74) is 0.836. The van der Waals surface area contributed by atoms with Crippen LogP contribution in [-0.4, -0.2) is 16.8 Å². The first-order chi connectivity index (χ1) is 10.0. The second-order valence-electron chi connectivity index (χ2n) is 4.18. The van der Waals surface area contributed by atoms with Crippen molar-refractivity contribution in [3.8, 4) is 0 Å². The number of hydrogen-bond donors (Lipinski definition) is 2. The zero-order valence-corrected chi connectivity index (χ0v) is 11.7. The Kier molecular flexibility index (Phi) is 5.21. The molecule has 1 aromatic heterocycles. The third-order valence-electron chi connectivity index (χ3n) is 2.65. The molecule has 0 spiro atoms. The van der Waals surface area contributed by atoms with Crippen molar-refractivity contribution < 1.29 is 23.1 Å². The first-order valence-electron chi connectivity index (χ1n) is 6.09. The van der Waals surface area contributed by atoms with E-state index in [4.69, 9.17) is 9.52 Å². The number of alkyl halides is 2. The fraction of sp³-hybridized carbons (Fsp3) is 0.214. The maximum Gasteiger partial charge on any atom is 0.335 e. The van der Waals surface area contributed by atoms with Crippen LogP contribution in [0.5, 0.6) is 0 Å². The van der Waals surface area contributed by atoms with Gasteiger partial charge in [-0.3, -0.25) is 0 Å².